The van der Waals surface area contributed by atoms with Crippen molar-refractivity contribution in [3.63, 3.8) is 0 Å². The maximum atomic E-state index is 13.4. The number of halogens is 1. The van der Waals surface area contributed by atoms with Crippen molar-refractivity contribution in [2.75, 3.05) is 0 Å². The summed E-state index contributed by atoms with van der Waals surface area (Å²) < 4.78 is 14.9. The van der Waals surface area contributed by atoms with Crippen LogP contribution in [0.15, 0.2) is 89.3 Å². The maximum absolute atomic E-state index is 13.4. The standard InChI is InChI=1S/C23H17FN2OS/c1-2-16-7-9-17(10-8-16)15-28-23-25-21-6-4-3-5-20(21)22(27)26(23)19-13-11-18(24)12-14-19/h2-14H,1,15H2. The van der Waals surface area contributed by atoms with Crippen LogP contribution in [-0.2, 0) is 5.75 Å². The second-order valence-corrected chi connectivity index (χ2v) is 7.21. The molecular formula is C23H17FN2OS. The molecule has 0 fully saturated rings. The molecule has 0 aliphatic heterocycles. The van der Waals surface area contributed by atoms with E-state index in [1.807, 2.05) is 42.5 Å². The molecule has 0 radical (unpaired) electrons. The van der Waals surface area contributed by atoms with Crippen LogP contribution >= 0.6 is 11.8 Å². The third-order valence-electron chi connectivity index (χ3n) is 4.41. The molecule has 0 bridgehead atoms. The molecule has 0 amide bonds. The van der Waals surface area contributed by atoms with Crippen LogP contribution in [0.1, 0.15) is 11.1 Å². The van der Waals surface area contributed by atoms with E-state index in [1.165, 1.54) is 23.9 Å². The Morgan fingerprint density at radius 1 is 1.00 bits per heavy atom. The minimum atomic E-state index is -0.345. The third-order valence-corrected chi connectivity index (χ3v) is 5.42. The summed E-state index contributed by atoms with van der Waals surface area (Å²) in [7, 11) is 0. The molecule has 4 aromatic rings. The third kappa shape index (κ3) is 3.62. The molecule has 1 aromatic heterocycles. The molecule has 3 nitrogen and oxygen atoms in total. The minimum Gasteiger partial charge on any atom is -0.268 e. The topological polar surface area (TPSA) is 34.9 Å². The quantitative estimate of drug-likeness (QED) is 0.336. The van der Waals surface area contributed by atoms with Gasteiger partial charge >= 0.3 is 0 Å². The van der Waals surface area contributed by atoms with E-state index in [2.05, 4.69) is 6.58 Å². The zero-order chi connectivity index (χ0) is 19.5. The Hall–Kier alpha value is -3.18. The lowest BCUT2D eigenvalue weighted by Gasteiger charge is -2.13. The highest BCUT2D eigenvalue weighted by Crippen LogP contribution is 2.25. The molecule has 28 heavy (non-hydrogen) atoms. The first-order valence-corrected chi connectivity index (χ1v) is 9.76. The fourth-order valence-electron chi connectivity index (χ4n) is 2.92. The summed E-state index contributed by atoms with van der Waals surface area (Å²) in [6, 6.07) is 21.2. The summed E-state index contributed by atoms with van der Waals surface area (Å²) in [5, 5.41) is 1.11. The summed E-state index contributed by atoms with van der Waals surface area (Å²) in [6.07, 6.45) is 1.80. The molecule has 0 N–H and O–H groups in total. The van der Waals surface area contributed by atoms with Crippen LogP contribution in [0.3, 0.4) is 0 Å². The van der Waals surface area contributed by atoms with Gasteiger partial charge in [0.15, 0.2) is 5.16 Å². The number of rotatable bonds is 5. The molecule has 0 atom stereocenters. The molecule has 0 unspecified atom stereocenters. The Morgan fingerprint density at radius 3 is 2.43 bits per heavy atom. The van der Waals surface area contributed by atoms with Crippen molar-refractivity contribution in [1.29, 1.82) is 0 Å². The molecule has 3 aromatic carbocycles. The normalized spacial score (nSPS) is 10.9. The van der Waals surface area contributed by atoms with Crippen LogP contribution in [0.25, 0.3) is 22.7 Å². The molecule has 5 heteroatoms. The number of para-hydroxylation sites is 1. The van der Waals surface area contributed by atoms with Crippen molar-refractivity contribution in [1.82, 2.24) is 9.55 Å². The molecule has 138 valence electrons. The van der Waals surface area contributed by atoms with Gasteiger partial charge in [-0.2, -0.15) is 0 Å². The molecule has 0 aliphatic rings. The summed E-state index contributed by atoms with van der Waals surface area (Å²) in [5.41, 5.74) is 3.25. The number of hydrogen-bond acceptors (Lipinski definition) is 3. The lowest BCUT2D eigenvalue weighted by atomic mass is 10.1. The van der Waals surface area contributed by atoms with Gasteiger partial charge in [-0.25, -0.2) is 9.37 Å². The molecule has 1 heterocycles. The van der Waals surface area contributed by atoms with Gasteiger partial charge in [0.25, 0.3) is 5.56 Å². The highest BCUT2D eigenvalue weighted by atomic mass is 32.2. The van der Waals surface area contributed by atoms with Gasteiger partial charge in [-0.1, -0.05) is 60.8 Å². The molecule has 0 saturated carbocycles. The smallest absolute Gasteiger partial charge is 0.266 e. The van der Waals surface area contributed by atoms with E-state index in [-0.39, 0.29) is 11.4 Å². The zero-order valence-corrected chi connectivity index (χ0v) is 15.8. The first kappa shape index (κ1) is 18.2. The Bertz CT molecular complexity index is 1200. The van der Waals surface area contributed by atoms with Gasteiger partial charge in [-0.05, 0) is 47.5 Å². The van der Waals surface area contributed by atoms with Crippen molar-refractivity contribution >= 4 is 28.7 Å². The van der Waals surface area contributed by atoms with Crippen LogP contribution in [0.5, 0.6) is 0 Å². The summed E-state index contributed by atoms with van der Waals surface area (Å²) in [4.78, 5) is 17.8. The van der Waals surface area contributed by atoms with Crippen LogP contribution in [0, 0.1) is 5.82 Å². The predicted octanol–water partition coefficient (Wildman–Crippen LogP) is 5.46. The van der Waals surface area contributed by atoms with E-state index in [1.54, 1.807) is 28.8 Å². The number of fused-ring (bicyclic) bond motifs is 1. The molecule has 0 saturated heterocycles. The number of aromatic nitrogens is 2. The predicted molar refractivity (Wildman–Crippen MR) is 113 cm³/mol. The van der Waals surface area contributed by atoms with Gasteiger partial charge in [0.05, 0.1) is 16.6 Å². The van der Waals surface area contributed by atoms with Gasteiger partial charge in [0.2, 0.25) is 0 Å². The van der Waals surface area contributed by atoms with E-state index in [0.717, 1.165) is 11.1 Å². The van der Waals surface area contributed by atoms with E-state index in [0.29, 0.717) is 27.5 Å². The number of benzene rings is 3. The van der Waals surface area contributed by atoms with Gasteiger partial charge in [-0.15, -0.1) is 0 Å². The van der Waals surface area contributed by atoms with Crippen LogP contribution in [-0.4, -0.2) is 9.55 Å². The van der Waals surface area contributed by atoms with Crippen LogP contribution in [0.2, 0.25) is 0 Å². The van der Waals surface area contributed by atoms with Crippen LogP contribution < -0.4 is 5.56 Å². The van der Waals surface area contributed by atoms with E-state index in [9.17, 15) is 9.18 Å². The Labute approximate surface area is 166 Å². The maximum Gasteiger partial charge on any atom is 0.266 e. The summed E-state index contributed by atoms with van der Waals surface area (Å²) in [5.74, 6) is 0.311. The van der Waals surface area contributed by atoms with Crippen LogP contribution in [0.4, 0.5) is 4.39 Å². The number of thioether (sulfide) groups is 1. The molecule has 4 rings (SSSR count). The SMILES string of the molecule is C=Cc1ccc(CSc2nc3ccccc3c(=O)n2-c2ccc(F)cc2)cc1. The summed E-state index contributed by atoms with van der Waals surface area (Å²) >= 11 is 1.47. The second kappa shape index (κ2) is 7.82. The largest absolute Gasteiger partial charge is 0.268 e. The lowest BCUT2D eigenvalue weighted by molar-refractivity contribution is 0.627. The Morgan fingerprint density at radius 2 is 1.71 bits per heavy atom. The minimum absolute atomic E-state index is 0.165. The fourth-order valence-corrected chi connectivity index (χ4v) is 3.89. The zero-order valence-electron chi connectivity index (χ0n) is 15.0. The number of nitrogens with zero attached hydrogens (tertiary/aromatic N) is 2. The first-order valence-electron chi connectivity index (χ1n) is 8.77. The summed E-state index contributed by atoms with van der Waals surface area (Å²) in [6.45, 7) is 3.76. The molecule has 0 spiro atoms. The molecular weight excluding hydrogens is 371 g/mol. The average molecular weight is 388 g/mol. The highest BCUT2D eigenvalue weighted by Gasteiger charge is 2.13. The monoisotopic (exact) mass is 388 g/mol. The van der Waals surface area contributed by atoms with Gasteiger partial charge < -0.3 is 0 Å². The van der Waals surface area contributed by atoms with Gasteiger partial charge in [-0.3, -0.25) is 9.36 Å². The van der Waals surface area contributed by atoms with E-state index >= 15 is 0 Å². The van der Waals surface area contributed by atoms with E-state index < -0.39 is 0 Å². The molecule has 0 aliphatic carbocycles. The number of hydrogen-bond donors (Lipinski definition) is 0. The lowest BCUT2D eigenvalue weighted by Crippen LogP contribution is -2.21. The Kier molecular flexibility index (Phi) is 5.08. The van der Waals surface area contributed by atoms with Crippen molar-refractivity contribution < 1.29 is 4.39 Å². The van der Waals surface area contributed by atoms with Gasteiger partial charge in [0, 0.05) is 5.75 Å². The Balaban J connectivity index is 1.78. The fraction of sp³-hybridized carbons (Fsp3) is 0.0435. The van der Waals surface area contributed by atoms with Gasteiger partial charge in [0.1, 0.15) is 5.82 Å². The van der Waals surface area contributed by atoms with E-state index in [4.69, 9.17) is 4.98 Å². The second-order valence-electron chi connectivity index (χ2n) is 6.26. The van der Waals surface area contributed by atoms with Crippen molar-refractivity contribution in [2.24, 2.45) is 0 Å². The van der Waals surface area contributed by atoms with Crippen molar-refractivity contribution in [3.05, 3.63) is 107 Å². The van der Waals surface area contributed by atoms with Crippen molar-refractivity contribution in [2.45, 2.75) is 10.9 Å². The average Bonchev–Trinajstić information content (AvgIpc) is 2.74. The van der Waals surface area contributed by atoms with Crippen molar-refractivity contribution in [3.8, 4) is 5.69 Å². The first-order chi connectivity index (χ1) is 13.7. The highest BCUT2D eigenvalue weighted by molar-refractivity contribution is 7.98.